The van der Waals surface area contributed by atoms with Crippen molar-refractivity contribution in [1.82, 2.24) is 14.9 Å². The van der Waals surface area contributed by atoms with Crippen molar-refractivity contribution in [2.75, 3.05) is 43.5 Å². The fourth-order valence-corrected chi connectivity index (χ4v) is 4.15. The molecule has 1 aliphatic heterocycles. The molecule has 3 aromatic rings. The number of methoxy groups -OCH3 is 1. The zero-order valence-electron chi connectivity index (χ0n) is 17.3. The number of nitrogens with zero attached hydrogens (tertiary/aromatic N) is 4. The maximum Gasteiger partial charge on any atom is 0.573 e. The van der Waals surface area contributed by atoms with Crippen LogP contribution in [-0.2, 0) is 0 Å². The van der Waals surface area contributed by atoms with Crippen LogP contribution in [0.4, 0.5) is 29.5 Å². The van der Waals surface area contributed by atoms with Gasteiger partial charge in [-0.1, -0.05) is 0 Å². The molecule has 1 aliphatic rings. The van der Waals surface area contributed by atoms with Crippen LogP contribution in [-0.4, -0.2) is 60.6 Å². The lowest BCUT2D eigenvalue weighted by atomic mass is 10.1. The van der Waals surface area contributed by atoms with Gasteiger partial charge in [0, 0.05) is 37.9 Å². The van der Waals surface area contributed by atoms with Gasteiger partial charge in [0.05, 0.1) is 7.11 Å². The first-order valence-corrected chi connectivity index (χ1v) is 10.6. The Kier molecular flexibility index (Phi) is 5.96. The van der Waals surface area contributed by atoms with Crippen LogP contribution in [0.15, 0.2) is 29.6 Å². The number of rotatable bonds is 4. The van der Waals surface area contributed by atoms with E-state index in [1.165, 1.54) is 30.6 Å². The SMILES string of the molecule is COc1nc2ccsc2nc1NC(=O)N1CCN(c2cc(C)cc(OC(F)(F)F)c2)CC1. The van der Waals surface area contributed by atoms with Crippen LogP contribution in [0.1, 0.15) is 5.56 Å². The number of thiophene rings is 1. The summed E-state index contributed by atoms with van der Waals surface area (Å²) in [5, 5.41) is 4.60. The maximum atomic E-state index is 12.7. The van der Waals surface area contributed by atoms with Gasteiger partial charge in [-0.15, -0.1) is 24.5 Å². The van der Waals surface area contributed by atoms with E-state index in [9.17, 15) is 18.0 Å². The number of amides is 2. The van der Waals surface area contributed by atoms with Crippen molar-refractivity contribution in [2.24, 2.45) is 0 Å². The lowest BCUT2D eigenvalue weighted by Crippen LogP contribution is -2.50. The molecule has 0 unspecified atom stereocenters. The molecule has 0 radical (unpaired) electrons. The van der Waals surface area contributed by atoms with Crippen molar-refractivity contribution in [2.45, 2.75) is 13.3 Å². The highest BCUT2D eigenvalue weighted by molar-refractivity contribution is 7.16. The molecule has 1 aromatic carbocycles. The van der Waals surface area contributed by atoms with E-state index in [1.54, 1.807) is 17.9 Å². The summed E-state index contributed by atoms with van der Waals surface area (Å²) >= 11 is 1.41. The second kappa shape index (κ2) is 8.69. The molecule has 0 spiro atoms. The first-order valence-electron chi connectivity index (χ1n) is 9.69. The predicted molar refractivity (Wildman–Crippen MR) is 115 cm³/mol. The van der Waals surface area contributed by atoms with Crippen molar-refractivity contribution in [3.63, 3.8) is 0 Å². The number of fused-ring (bicyclic) bond motifs is 1. The van der Waals surface area contributed by atoms with Crippen LogP contribution in [0.2, 0.25) is 0 Å². The summed E-state index contributed by atoms with van der Waals surface area (Å²) in [6.45, 7) is 3.37. The molecule has 0 bridgehead atoms. The molecular weight excluding hydrogens is 447 g/mol. The molecule has 4 rings (SSSR count). The summed E-state index contributed by atoms with van der Waals surface area (Å²) in [4.78, 5) is 25.7. The molecular formula is C20H20F3N5O3S. The standard InChI is InChI=1S/C20H20F3N5O3S/c1-12-9-13(11-14(10-12)31-20(21,22)23)27-4-6-28(7-5-27)19(29)26-16-17(30-2)24-15-3-8-32-18(15)25-16/h3,8-11H,4-7H2,1-2H3,(H,25,26,29). The zero-order chi connectivity index (χ0) is 22.9. The molecule has 8 nitrogen and oxygen atoms in total. The van der Waals surface area contributed by atoms with Gasteiger partial charge in [-0.2, -0.15) is 0 Å². The van der Waals surface area contributed by atoms with Crippen LogP contribution in [0, 0.1) is 6.92 Å². The monoisotopic (exact) mass is 467 g/mol. The fraction of sp³-hybridized carbons (Fsp3) is 0.350. The largest absolute Gasteiger partial charge is 0.573 e. The van der Waals surface area contributed by atoms with Gasteiger partial charge >= 0.3 is 12.4 Å². The topological polar surface area (TPSA) is 79.8 Å². The number of urea groups is 1. The van der Waals surface area contributed by atoms with E-state index in [2.05, 4.69) is 20.0 Å². The number of carbonyl (C=O) groups is 1. The molecule has 1 saturated heterocycles. The van der Waals surface area contributed by atoms with E-state index in [0.717, 1.165) is 0 Å². The number of aryl methyl sites for hydroxylation is 1. The first-order chi connectivity index (χ1) is 15.2. The molecule has 0 aliphatic carbocycles. The number of hydrogen-bond donors (Lipinski definition) is 1. The quantitative estimate of drug-likeness (QED) is 0.618. The Bertz CT molecular complexity index is 1130. The molecule has 0 saturated carbocycles. The predicted octanol–water partition coefficient (Wildman–Crippen LogP) is 4.26. The summed E-state index contributed by atoms with van der Waals surface area (Å²) in [5.41, 5.74) is 1.95. The van der Waals surface area contributed by atoms with E-state index in [0.29, 0.717) is 47.8 Å². The molecule has 1 fully saturated rings. The van der Waals surface area contributed by atoms with Crippen molar-refractivity contribution >= 4 is 39.2 Å². The molecule has 2 aromatic heterocycles. The second-order valence-electron chi connectivity index (χ2n) is 7.15. The Balaban J connectivity index is 1.41. The Hall–Kier alpha value is -3.28. The number of carbonyl (C=O) groups excluding carboxylic acids is 1. The summed E-state index contributed by atoms with van der Waals surface area (Å²) in [5.74, 6) is 0.199. The van der Waals surface area contributed by atoms with Crippen LogP contribution >= 0.6 is 11.3 Å². The first kappa shape index (κ1) is 21.9. The molecule has 0 atom stereocenters. The van der Waals surface area contributed by atoms with E-state index in [4.69, 9.17) is 4.74 Å². The van der Waals surface area contributed by atoms with Crippen LogP contribution in [0.25, 0.3) is 10.3 Å². The highest BCUT2D eigenvalue weighted by Gasteiger charge is 2.31. The number of alkyl halides is 3. The van der Waals surface area contributed by atoms with E-state index < -0.39 is 6.36 Å². The molecule has 1 N–H and O–H groups in total. The maximum absolute atomic E-state index is 12.7. The fourth-order valence-electron chi connectivity index (χ4n) is 3.45. The number of hydrogen-bond acceptors (Lipinski definition) is 7. The highest BCUT2D eigenvalue weighted by Crippen LogP contribution is 2.30. The van der Waals surface area contributed by atoms with Crippen LogP contribution < -0.4 is 19.7 Å². The van der Waals surface area contributed by atoms with Crippen molar-refractivity contribution in [3.05, 3.63) is 35.2 Å². The minimum absolute atomic E-state index is 0.222. The van der Waals surface area contributed by atoms with Gasteiger partial charge in [-0.05, 0) is 36.1 Å². The highest BCUT2D eigenvalue weighted by atomic mass is 32.1. The summed E-state index contributed by atoms with van der Waals surface area (Å²) in [6.07, 6.45) is -4.75. The number of anilines is 2. The number of ether oxygens (including phenoxy) is 2. The number of piperazine rings is 1. The Labute approximate surface area is 185 Å². The Morgan fingerprint density at radius 3 is 2.59 bits per heavy atom. The summed E-state index contributed by atoms with van der Waals surface area (Å²) in [7, 11) is 1.45. The van der Waals surface area contributed by atoms with Crippen molar-refractivity contribution in [1.29, 1.82) is 0 Å². The van der Waals surface area contributed by atoms with Gasteiger partial charge in [-0.25, -0.2) is 14.8 Å². The molecule has 170 valence electrons. The van der Waals surface area contributed by atoms with Crippen LogP contribution in [0.5, 0.6) is 11.6 Å². The molecule has 12 heteroatoms. The van der Waals surface area contributed by atoms with E-state index >= 15 is 0 Å². The third kappa shape index (κ3) is 4.96. The lowest BCUT2D eigenvalue weighted by Gasteiger charge is -2.36. The zero-order valence-corrected chi connectivity index (χ0v) is 18.1. The van der Waals surface area contributed by atoms with Crippen LogP contribution in [0.3, 0.4) is 0 Å². The number of halogens is 3. The summed E-state index contributed by atoms with van der Waals surface area (Å²) in [6, 6.07) is 5.94. The lowest BCUT2D eigenvalue weighted by molar-refractivity contribution is -0.274. The second-order valence-corrected chi connectivity index (χ2v) is 8.04. The van der Waals surface area contributed by atoms with Gasteiger partial charge in [0.1, 0.15) is 16.1 Å². The number of benzene rings is 1. The molecule has 3 heterocycles. The average molecular weight is 467 g/mol. The number of nitrogens with one attached hydrogen (secondary N) is 1. The average Bonchev–Trinajstić information content (AvgIpc) is 3.19. The molecule has 32 heavy (non-hydrogen) atoms. The van der Waals surface area contributed by atoms with Gasteiger partial charge in [0.25, 0.3) is 5.88 Å². The van der Waals surface area contributed by atoms with Crippen molar-refractivity contribution in [3.8, 4) is 11.6 Å². The smallest absolute Gasteiger partial charge is 0.478 e. The van der Waals surface area contributed by atoms with E-state index in [-0.39, 0.29) is 23.5 Å². The Morgan fingerprint density at radius 2 is 1.91 bits per heavy atom. The van der Waals surface area contributed by atoms with Gasteiger partial charge < -0.3 is 19.3 Å². The van der Waals surface area contributed by atoms with Crippen molar-refractivity contribution < 1.29 is 27.4 Å². The van der Waals surface area contributed by atoms with Gasteiger partial charge in [0.2, 0.25) is 0 Å². The minimum Gasteiger partial charge on any atom is -0.478 e. The van der Waals surface area contributed by atoms with Gasteiger partial charge in [0.15, 0.2) is 5.82 Å². The molecule has 2 amide bonds. The van der Waals surface area contributed by atoms with E-state index in [1.807, 2.05) is 16.3 Å². The third-order valence-electron chi connectivity index (χ3n) is 4.88. The minimum atomic E-state index is -4.75. The summed E-state index contributed by atoms with van der Waals surface area (Å²) < 4.78 is 47.1. The van der Waals surface area contributed by atoms with Gasteiger partial charge in [-0.3, -0.25) is 5.32 Å². The number of aromatic nitrogens is 2. The normalized spacial score (nSPS) is 14.5. The Morgan fingerprint density at radius 1 is 1.16 bits per heavy atom. The third-order valence-corrected chi connectivity index (χ3v) is 5.68.